The number of rotatable bonds is 7. The van der Waals surface area contributed by atoms with Gasteiger partial charge < -0.3 is 15.4 Å². The zero-order chi connectivity index (χ0) is 17.0. The third-order valence-corrected chi connectivity index (χ3v) is 3.67. The summed E-state index contributed by atoms with van der Waals surface area (Å²) < 4.78 is 44.1. The minimum Gasteiger partial charge on any atom is -0.385 e. The molecule has 0 saturated heterocycles. The van der Waals surface area contributed by atoms with Crippen LogP contribution in [0.3, 0.4) is 0 Å². The van der Waals surface area contributed by atoms with Gasteiger partial charge in [-0.15, -0.1) is 0 Å². The lowest BCUT2D eigenvalue weighted by atomic mass is 10.0. The van der Waals surface area contributed by atoms with Crippen LogP contribution in [0.1, 0.15) is 20.8 Å². The van der Waals surface area contributed by atoms with E-state index in [-0.39, 0.29) is 5.16 Å². The Morgan fingerprint density at radius 3 is 2.29 bits per heavy atom. The highest BCUT2D eigenvalue weighted by Crippen LogP contribution is 2.35. The van der Waals surface area contributed by atoms with Gasteiger partial charge in [0, 0.05) is 7.05 Å². The lowest BCUT2D eigenvalue weighted by Gasteiger charge is -2.38. The van der Waals surface area contributed by atoms with E-state index in [1.165, 1.54) is 18.0 Å². The molecule has 1 unspecified atom stereocenters. The minimum absolute atomic E-state index is 0.199. The average Bonchev–Trinajstić information content (AvgIpc) is 2.35. The van der Waals surface area contributed by atoms with Crippen molar-refractivity contribution in [1.29, 1.82) is 5.41 Å². The Kier molecular flexibility index (Phi) is 6.69. The number of alkyl halides is 3. The van der Waals surface area contributed by atoms with Crippen molar-refractivity contribution in [2.75, 3.05) is 7.05 Å². The van der Waals surface area contributed by atoms with Gasteiger partial charge in [0.15, 0.2) is 0 Å². The summed E-state index contributed by atoms with van der Waals surface area (Å²) in [6.07, 6.45) is -4.44. The maximum absolute atomic E-state index is 13.0. The van der Waals surface area contributed by atoms with Gasteiger partial charge in [0.05, 0.1) is 18.3 Å². The molecule has 0 saturated carbocycles. The van der Waals surface area contributed by atoms with Crippen molar-refractivity contribution in [3.05, 3.63) is 11.4 Å². The predicted molar refractivity (Wildman–Crippen MR) is 77.6 cm³/mol. The van der Waals surface area contributed by atoms with Crippen molar-refractivity contribution in [2.45, 2.75) is 44.7 Å². The van der Waals surface area contributed by atoms with E-state index in [0.29, 0.717) is 0 Å². The second-order valence-electron chi connectivity index (χ2n) is 4.75. The molecule has 3 atom stereocenters. The van der Waals surface area contributed by atoms with Gasteiger partial charge in [-0.3, -0.25) is 10.4 Å². The standard InChI is InChI=1S/C12H20ClF3N4O/c1-7(20(5)9(13)6-19-4)8(2)21-11(3,10(17)18)12(14,15)16/h6-8H,4H2,1-3,5H3,(H3,17,18)/b9-6-/t7?,8-,11+/m0/s1. The lowest BCUT2D eigenvalue weighted by Crippen LogP contribution is -2.57. The number of aliphatic imine (C=N–C) groups is 1. The average molecular weight is 329 g/mol. The molecule has 0 fully saturated rings. The van der Waals surface area contributed by atoms with Crippen molar-refractivity contribution in [3.63, 3.8) is 0 Å². The molecular weight excluding hydrogens is 309 g/mol. The molecule has 9 heteroatoms. The van der Waals surface area contributed by atoms with Gasteiger partial charge in [0.25, 0.3) is 0 Å². The van der Waals surface area contributed by atoms with E-state index in [1.807, 2.05) is 0 Å². The molecule has 0 bridgehead atoms. The molecule has 0 aliphatic rings. The van der Waals surface area contributed by atoms with Crippen molar-refractivity contribution < 1.29 is 17.9 Å². The summed E-state index contributed by atoms with van der Waals surface area (Å²) in [6.45, 7) is 7.03. The van der Waals surface area contributed by atoms with Crippen LogP contribution in [-0.2, 0) is 4.74 Å². The van der Waals surface area contributed by atoms with Crippen molar-refractivity contribution in [2.24, 2.45) is 10.7 Å². The molecule has 0 heterocycles. The molecule has 0 aliphatic carbocycles. The zero-order valence-electron chi connectivity index (χ0n) is 12.3. The highest BCUT2D eigenvalue weighted by atomic mass is 35.5. The third kappa shape index (κ3) is 4.60. The Morgan fingerprint density at radius 1 is 1.48 bits per heavy atom. The fourth-order valence-electron chi connectivity index (χ4n) is 1.43. The monoisotopic (exact) mass is 328 g/mol. The zero-order valence-corrected chi connectivity index (χ0v) is 13.1. The Balaban J connectivity index is 5.18. The van der Waals surface area contributed by atoms with Crippen LogP contribution in [0.2, 0.25) is 0 Å². The topological polar surface area (TPSA) is 74.7 Å². The molecule has 0 spiro atoms. The third-order valence-electron chi connectivity index (χ3n) is 3.30. The number of likely N-dealkylation sites (N-methyl/N-ethyl adjacent to an activating group) is 1. The van der Waals surface area contributed by atoms with E-state index in [4.69, 9.17) is 27.5 Å². The first-order valence-corrected chi connectivity index (χ1v) is 6.39. The number of halogens is 4. The quantitative estimate of drug-likeness (QED) is 0.428. The van der Waals surface area contributed by atoms with Crippen LogP contribution >= 0.6 is 11.6 Å². The highest BCUT2D eigenvalue weighted by Gasteiger charge is 2.56. The molecule has 3 N–H and O–H groups in total. The number of hydrogen-bond donors (Lipinski definition) is 2. The number of nitrogens with zero attached hydrogens (tertiary/aromatic N) is 2. The van der Waals surface area contributed by atoms with E-state index >= 15 is 0 Å². The Morgan fingerprint density at radius 2 is 1.95 bits per heavy atom. The lowest BCUT2D eigenvalue weighted by molar-refractivity contribution is -0.257. The van der Waals surface area contributed by atoms with E-state index in [9.17, 15) is 13.2 Å². The number of nitrogens with two attached hydrogens (primary N) is 1. The van der Waals surface area contributed by atoms with Crippen LogP contribution in [0.15, 0.2) is 16.3 Å². The summed E-state index contributed by atoms with van der Waals surface area (Å²) in [7, 11) is 1.58. The maximum atomic E-state index is 13.0. The van der Waals surface area contributed by atoms with Crippen LogP contribution in [0.5, 0.6) is 0 Å². The molecular formula is C12H20ClF3N4O. The number of hydrogen-bond acceptors (Lipinski definition) is 4. The van der Waals surface area contributed by atoms with Gasteiger partial charge in [-0.05, 0) is 27.5 Å². The summed E-state index contributed by atoms with van der Waals surface area (Å²) in [5.74, 6) is -1.11. The Hall–Kier alpha value is -1.28. The molecule has 0 rings (SSSR count). The van der Waals surface area contributed by atoms with E-state index in [2.05, 4.69) is 11.7 Å². The summed E-state index contributed by atoms with van der Waals surface area (Å²) >= 11 is 5.90. The molecule has 21 heavy (non-hydrogen) atoms. The van der Waals surface area contributed by atoms with Gasteiger partial charge in [-0.25, -0.2) is 0 Å². The molecule has 0 amide bonds. The predicted octanol–water partition coefficient (Wildman–Crippen LogP) is 2.71. The molecule has 0 aromatic rings. The molecule has 5 nitrogen and oxygen atoms in total. The molecule has 0 radical (unpaired) electrons. The van der Waals surface area contributed by atoms with Crippen LogP contribution in [-0.4, -0.2) is 48.4 Å². The number of nitrogens with one attached hydrogen (secondary N) is 1. The highest BCUT2D eigenvalue weighted by molar-refractivity contribution is 6.29. The minimum atomic E-state index is -4.80. The SMILES string of the molecule is C=N/C=C(/Cl)N(C)C(C)[C@H](C)O[C@](C)(C(=N)N)C(F)(F)F. The normalized spacial score (nSPS) is 18.6. The van der Waals surface area contributed by atoms with Crippen LogP contribution < -0.4 is 5.73 Å². The summed E-state index contributed by atoms with van der Waals surface area (Å²) in [5, 5.41) is 7.35. The molecule has 0 aromatic heterocycles. The van der Waals surface area contributed by atoms with Crippen LogP contribution in [0, 0.1) is 5.41 Å². The maximum Gasteiger partial charge on any atom is 0.424 e. The van der Waals surface area contributed by atoms with E-state index < -0.39 is 29.8 Å². The van der Waals surface area contributed by atoms with Crippen molar-refractivity contribution in [1.82, 2.24) is 4.90 Å². The van der Waals surface area contributed by atoms with E-state index in [0.717, 1.165) is 6.92 Å². The molecule has 0 aliphatic heterocycles. The van der Waals surface area contributed by atoms with Crippen molar-refractivity contribution >= 4 is 24.2 Å². The van der Waals surface area contributed by atoms with Gasteiger partial charge in [0.2, 0.25) is 5.60 Å². The first-order chi connectivity index (χ1) is 9.38. The molecule has 122 valence electrons. The van der Waals surface area contributed by atoms with Gasteiger partial charge in [-0.1, -0.05) is 11.6 Å². The van der Waals surface area contributed by atoms with Crippen molar-refractivity contribution in [3.8, 4) is 0 Å². The van der Waals surface area contributed by atoms with Crippen LogP contribution in [0.4, 0.5) is 13.2 Å². The van der Waals surface area contributed by atoms with Gasteiger partial charge in [-0.2, -0.15) is 13.2 Å². The second kappa shape index (κ2) is 7.13. The summed E-state index contributed by atoms with van der Waals surface area (Å²) in [4.78, 5) is 4.96. The summed E-state index contributed by atoms with van der Waals surface area (Å²) in [6, 6.07) is -0.517. The number of amidine groups is 1. The first kappa shape index (κ1) is 19.7. The Labute approximate surface area is 127 Å². The summed E-state index contributed by atoms with van der Waals surface area (Å²) in [5.41, 5.74) is 2.20. The van der Waals surface area contributed by atoms with E-state index in [1.54, 1.807) is 14.0 Å². The second-order valence-corrected chi connectivity index (χ2v) is 5.14. The Bertz CT molecular complexity index is 427. The molecule has 0 aromatic carbocycles. The largest absolute Gasteiger partial charge is 0.424 e. The smallest absolute Gasteiger partial charge is 0.385 e. The first-order valence-electron chi connectivity index (χ1n) is 6.01. The fourth-order valence-corrected chi connectivity index (χ4v) is 1.65. The van der Waals surface area contributed by atoms with Crippen LogP contribution in [0.25, 0.3) is 0 Å². The number of ether oxygens (including phenoxy) is 1. The van der Waals surface area contributed by atoms with Gasteiger partial charge in [0.1, 0.15) is 11.0 Å². The fraction of sp³-hybridized carbons (Fsp3) is 0.667. The van der Waals surface area contributed by atoms with Gasteiger partial charge >= 0.3 is 6.18 Å².